The molecule has 1 heterocycles. The minimum absolute atomic E-state index is 1.03. The van der Waals surface area contributed by atoms with E-state index in [0.717, 1.165) is 17.8 Å². The fourth-order valence-electron chi connectivity index (χ4n) is 3.20. The smallest absolute Gasteiger partial charge is 0.210 e. The zero-order valence-corrected chi connectivity index (χ0v) is 10.3. The van der Waals surface area contributed by atoms with E-state index in [1.54, 1.807) is 31.9 Å². The van der Waals surface area contributed by atoms with E-state index in [2.05, 4.69) is 18.5 Å². The van der Waals surface area contributed by atoms with Gasteiger partial charge in [-0.05, 0) is 30.4 Å². The summed E-state index contributed by atoms with van der Waals surface area (Å²) in [6.07, 6.45) is 12.1. The van der Waals surface area contributed by atoms with Gasteiger partial charge in [0.05, 0.1) is 0 Å². The molecule has 1 aliphatic heterocycles. The third-order valence-corrected chi connectivity index (χ3v) is 5.32. The number of hydrogen-bond acceptors (Lipinski definition) is 1. The van der Waals surface area contributed by atoms with E-state index in [4.69, 9.17) is 0 Å². The largest absolute Gasteiger partial charge is 0.210 e. The number of unbranched alkanes of at least 4 members (excludes halogenated alkanes) is 1. The van der Waals surface area contributed by atoms with Crippen molar-refractivity contribution in [2.75, 3.05) is 5.75 Å². The second kappa shape index (κ2) is 5.49. The van der Waals surface area contributed by atoms with E-state index >= 15 is 0 Å². The molecule has 2 fully saturated rings. The third-order valence-electron chi connectivity index (χ3n) is 3.94. The Bertz CT molecular complexity index is 160. The van der Waals surface area contributed by atoms with Crippen LogP contribution in [0.5, 0.6) is 0 Å². The molecular formula is C12H23BS. The fourth-order valence-corrected chi connectivity index (χ4v) is 4.81. The first-order valence-electron chi connectivity index (χ1n) is 6.50. The van der Waals surface area contributed by atoms with Gasteiger partial charge in [-0.15, -0.1) is 0 Å². The van der Waals surface area contributed by atoms with Gasteiger partial charge >= 0.3 is 0 Å². The van der Waals surface area contributed by atoms with Crippen LogP contribution in [-0.4, -0.2) is 11.7 Å². The van der Waals surface area contributed by atoms with Crippen molar-refractivity contribution in [2.45, 2.75) is 58.1 Å². The van der Waals surface area contributed by atoms with E-state index in [1.165, 1.54) is 25.0 Å². The molecule has 0 radical (unpaired) electrons. The second-order valence-electron chi connectivity index (χ2n) is 5.22. The summed E-state index contributed by atoms with van der Waals surface area (Å²) in [5, 5.41) is 0. The molecule has 14 heavy (non-hydrogen) atoms. The topological polar surface area (TPSA) is 0 Å². The van der Waals surface area contributed by atoms with Gasteiger partial charge in [0.1, 0.15) is 0 Å². The molecule has 2 aliphatic rings. The molecule has 0 amide bonds. The van der Waals surface area contributed by atoms with Crippen LogP contribution in [0, 0.1) is 11.8 Å². The van der Waals surface area contributed by atoms with Gasteiger partial charge in [-0.2, -0.15) is 0 Å². The van der Waals surface area contributed by atoms with Crippen molar-refractivity contribution in [1.82, 2.24) is 0 Å². The molecule has 0 aromatic carbocycles. The van der Waals surface area contributed by atoms with Gasteiger partial charge in [-0.3, -0.25) is 0 Å². The maximum atomic E-state index is 2.30. The van der Waals surface area contributed by atoms with E-state index in [-0.39, 0.29) is 0 Å². The Morgan fingerprint density at radius 3 is 2.57 bits per heavy atom. The summed E-state index contributed by atoms with van der Waals surface area (Å²) in [6, 6.07) is 0. The highest BCUT2D eigenvalue weighted by Crippen LogP contribution is 2.43. The minimum Gasteiger partial charge on any atom is -0.210 e. The second-order valence-corrected chi connectivity index (χ2v) is 6.62. The molecule has 0 aromatic rings. The summed E-state index contributed by atoms with van der Waals surface area (Å²) in [4.78, 5) is 0. The van der Waals surface area contributed by atoms with Gasteiger partial charge < -0.3 is 0 Å². The highest BCUT2D eigenvalue weighted by molar-refractivity contribution is 8.25. The highest BCUT2D eigenvalue weighted by Gasteiger charge is 2.33. The van der Waals surface area contributed by atoms with Crippen LogP contribution in [0.25, 0.3) is 0 Å². The quantitative estimate of drug-likeness (QED) is 0.491. The SMILES string of the molecule is CCCCSB1CC2CCCC(C1)C2. The predicted molar refractivity (Wildman–Crippen MR) is 68.2 cm³/mol. The number of rotatable bonds is 4. The molecule has 2 heteroatoms. The summed E-state index contributed by atoms with van der Waals surface area (Å²) in [5.41, 5.74) is 0. The first-order chi connectivity index (χ1) is 6.88. The van der Waals surface area contributed by atoms with Crippen LogP contribution in [0.15, 0.2) is 0 Å². The Hall–Kier alpha value is 0.415. The first-order valence-corrected chi connectivity index (χ1v) is 7.55. The third kappa shape index (κ3) is 2.95. The van der Waals surface area contributed by atoms with Crippen LogP contribution in [0.1, 0.15) is 45.4 Å². The van der Waals surface area contributed by atoms with E-state index < -0.39 is 0 Å². The van der Waals surface area contributed by atoms with Gasteiger partial charge in [-0.25, -0.2) is 11.6 Å². The van der Waals surface area contributed by atoms with Crippen molar-refractivity contribution >= 4 is 17.6 Å². The van der Waals surface area contributed by atoms with E-state index in [0.29, 0.717) is 0 Å². The Morgan fingerprint density at radius 2 is 1.93 bits per heavy atom. The van der Waals surface area contributed by atoms with Crippen LogP contribution in [-0.2, 0) is 0 Å². The molecule has 0 N–H and O–H groups in total. The van der Waals surface area contributed by atoms with Gasteiger partial charge in [0.25, 0.3) is 0 Å². The normalized spacial score (nSPS) is 31.9. The molecule has 1 saturated carbocycles. The van der Waals surface area contributed by atoms with Crippen molar-refractivity contribution in [3.63, 3.8) is 0 Å². The van der Waals surface area contributed by atoms with Gasteiger partial charge in [-0.1, -0.05) is 45.2 Å². The molecular weight excluding hydrogens is 187 g/mol. The molecule has 2 atom stereocenters. The Balaban J connectivity index is 1.72. The summed E-state index contributed by atoms with van der Waals surface area (Å²) < 4.78 is 0. The molecule has 1 aliphatic carbocycles. The van der Waals surface area contributed by atoms with Crippen LogP contribution in [0.2, 0.25) is 12.6 Å². The maximum absolute atomic E-state index is 2.30. The predicted octanol–water partition coefficient (Wildman–Crippen LogP) is 4.33. The zero-order valence-electron chi connectivity index (χ0n) is 9.50. The van der Waals surface area contributed by atoms with Crippen molar-refractivity contribution in [1.29, 1.82) is 0 Å². The lowest BCUT2D eigenvalue weighted by Gasteiger charge is -2.37. The van der Waals surface area contributed by atoms with Crippen molar-refractivity contribution in [2.24, 2.45) is 11.8 Å². The number of fused-ring (bicyclic) bond motifs is 2. The average Bonchev–Trinajstić information content (AvgIpc) is 2.18. The monoisotopic (exact) mass is 210 g/mol. The molecule has 0 nitrogen and oxygen atoms in total. The highest BCUT2D eigenvalue weighted by atomic mass is 32.2. The van der Waals surface area contributed by atoms with Gasteiger partial charge in [0.2, 0.25) is 5.99 Å². The Kier molecular flexibility index (Phi) is 4.28. The van der Waals surface area contributed by atoms with Crippen molar-refractivity contribution < 1.29 is 0 Å². The molecule has 2 rings (SSSR count). The fraction of sp³-hybridized carbons (Fsp3) is 1.00. The van der Waals surface area contributed by atoms with Crippen LogP contribution < -0.4 is 0 Å². The van der Waals surface area contributed by atoms with Gasteiger partial charge in [0, 0.05) is 0 Å². The van der Waals surface area contributed by atoms with Crippen molar-refractivity contribution in [3.8, 4) is 0 Å². The Morgan fingerprint density at radius 1 is 1.21 bits per heavy atom. The first kappa shape index (κ1) is 10.9. The van der Waals surface area contributed by atoms with Crippen LogP contribution in [0.3, 0.4) is 0 Å². The standard InChI is InChI=1S/C12H23BS/c1-2-3-7-14-13-9-11-5-4-6-12(8-11)10-13/h11-12H,2-10H2,1H3. The Labute approximate surface area is 93.6 Å². The molecule has 2 bridgehead atoms. The lowest BCUT2D eigenvalue weighted by atomic mass is 9.51. The average molecular weight is 210 g/mol. The molecule has 0 aromatic heterocycles. The summed E-state index contributed by atoms with van der Waals surface area (Å²) >= 11 is 2.28. The lowest BCUT2D eigenvalue weighted by molar-refractivity contribution is 0.284. The summed E-state index contributed by atoms with van der Waals surface area (Å²) in [6.45, 7) is 2.30. The summed E-state index contributed by atoms with van der Waals surface area (Å²) in [5.74, 6) is 4.68. The van der Waals surface area contributed by atoms with Crippen LogP contribution >= 0.6 is 11.6 Å². The molecule has 0 spiro atoms. The van der Waals surface area contributed by atoms with E-state index in [1.807, 2.05) is 0 Å². The number of hydrogen-bond donors (Lipinski definition) is 0. The molecule has 80 valence electrons. The zero-order chi connectivity index (χ0) is 9.80. The minimum atomic E-state index is 1.03. The maximum Gasteiger partial charge on any atom is 0.210 e. The van der Waals surface area contributed by atoms with E-state index in [9.17, 15) is 0 Å². The summed E-state index contributed by atoms with van der Waals surface area (Å²) in [7, 11) is 0. The lowest BCUT2D eigenvalue weighted by Crippen LogP contribution is -2.30. The van der Waals surface area contributed by atoms with Crippen LogP contribution in [0.4, 0.5) is 0 Å². The molecule has 2 unspecified atom stereocenters. The molecule has 1 saturated heterocycles. The van der Waals surface area contributed by atoms with Crippen molar-refractivity contribution in [3.05, 3.63) is 0 Å². The van der Waals surface area contributed by atoms with Gasteiger partial charge in [0.15, 0.2) is 0 Å².